The highest BCUT2D eigenvalue weighted by Gasteiger charge is 2.42. The van der Waals surface area contributed by atoms with Crippen LogP contribution in [0.4, 0.5) is 0 Å². The molecule has 0 aliphatic heterocycles. The van der Waals surface area contributed by atoms with E-state index in [1.807, 2.05) is 0 Å². The molecule has 12 heavy (non-hydrogen) atoms. The molecule has 0 saturated heterocycles. The van der Waals surface area contributed by atoms with E-state index in [0.29, 0.717) is 6.42 Å². The summed E-state index contributed by atoms with van der Waals surface area (Å²) in [5.74, 6) is 0.0387. The molecule has 0 aromatic heterocycles. The summed E-state index contributed by atoms with van der Waals surface area (Å²) < 4.78 is 21.8. The van der Waals surface area contributed by atoms with Gasteiger partial charge in [0, 0.05) is 5.75 Å². The summed E-state index contributed by atoms with van der Waals surface area (Å²) in [6.45, 7) is 4.78. The van der Waals surface area contributed by atoms with Crippen molar-refractivity contribution in [1.29, 1.82) is 0 Å². The highest BCUT2D eigenvalue weighted by atomic mass is 79.9. The first kappa shape index (κ1) is 12.4. The van der Waals surface area contributed by atoms with E-state index in [0.717, 1.165) is 0 Å². The molecule has 1 N–H and O–H groups in total. The van der Waals surface area contributed by atoms with Crippen molar-refractivity contribution in [1.82, 2.24) is 0 Å². The summed E-state index contributed by atoms with van der Waals surface area (Å²) in [6, 6.07) is 0. The van der Waals surface area contributed by atoms with Gasteiger partial charge in [0.1, 0.15) is 0 Å². The Balaban J connectivity index is 5.02. The Bertz CT molecular complexity index is 235. The van der Waals surface area contributed by atoms with Crippen LogP contribution < -0.4 is 0 Å². The molecular formula is C7H15BrO3S. The quantitative estimate of drug-likeness (QED) is 0.774. The lowest BCUT2D eigenvalue weighted by Gasteiger charge is -2.28. The van der Waals surface area contributed by atoms with E-state index < -0.39 is 19.6 Å². The third-order valence-electron chi connectivity index (χ3n) is 2.00. The van der Waals surface area contributed by atoms with E-state index in [4.69, 9.17) is 0 Å². The van der Waals surface area contributed by atoms with Gasteiger partial charge in [-0.15, -0.1) is 0 Å². The molecule has 0 unspecified atom stereocenters. The molecule has 0 bridgehead atoms. The van der Waals surface area contributed by atoms with Crippen molar-refractivity contribution < 1.29 is 13.5 Å². The number of hydrogen-bond donors (Lipinski definition) is 1. The second kappa shape index (κ2) is 4.07. The summed E-state index contributed by atoms with van der Waals surface area (Å²) in [5.41, 5.74) is 0. The maximum Gasteiger partial charge on any atom is 0.168 e. The van der Waals surface area contributed by atoms with Crippen LogP contribution in [0.3, 0.4) is 0 Å². The molecule has 0 radical (unpaired) electrons. The molecule has 3 nitrogen and oxygen atoms in total. The van der Waals surface area contributed by atoms with E-state index >= 15 is 0 Å². The minimum atomic E-state index is -3.24. The second-order valence-corrected chi connectivity index (χ2v) is 7.19. The van der Waals surface area contributed by atoms with Gasteiger partial charge in [-0.3, -0.25) is 0 Å². The number of aliphatic hydroxyl groups excluding tert-OH is 1. The summed E-state index contributed by atoms with van der Waals surface area (Å²) in [6.07, 6.45) is -0.534. The van der Waals surface area contributed by atoms with Gasteiger partial charge in [0.25, 0.3) is 0 Å². The largest absolute Gasteiger partial charge is 0.391 e. The van der Waals surface area contributed by atoms with Crippen molar-refractivity contribution in [2.45, 2.75) is 37.0 Å². The first-order chi connectivity index (χ1) is 5.31. The highest BCUT2D eigenvalue weighted by Crippen LogP contribution is 2.33. The van der Waals surface area contributed by atoms with Crippen molar-refractivity contribution in [3.8, 4) is 0 Å². The standard InChI is InChI=1S/C7H15BrO3S/c1-4-7(8,6(3)9)12(10,11)5-2/h6,9H,4-5H2,1-3H3/t6-,7-/m1/s1. The Kier molecular flexibility index (Phi) is 4.20. The van der Waals surface area contributed by atoms with Gasteiger partial charge in [-0.2, -0.15) is 0 Å². The Morgan fingerprint density at radius 2 is 1.92 bits per heavy atom. The monoisotopic (exact) mass is 258 g/mol. The Hall–Kier alpha value is 0.390. The number of rotatable bonds is 4. The lowest BCUT2D eigenvalue weighted by molar-refractivity contribution is 0.177. The van der Waals surface area contributed by atoms with E-state index in [2.05, 4.69) is 15.9 Å². The number of hydrogen-bond acceptors (Lipinski definition) is 3. The summed E-state index contributed by atoms with van der Waals surface area (Å²) in [5, 5.41) is 9.31. The van der Waals surface area contributed by atoms with Crippen LogP contribution in [0.1, 0.15) is 27.2 Å². The summed E-state index contributed by atoms with van der Waals surface area (Å²) >= 11 is 3.09. The van der Waals surface area contributed by atoms with Crippen LogP contribution in [0.15, 0.2) is 0 Å². The van der Waals surface area contributed by atoms with E-state index in [-0.39, 0.29) is 5.75 Å². The topological polar surface area (TPSA) is 54.4 Å². The first-order valence-corrected chi connectivity index (χ1v) is 6.35. The number of halogens is 1. The molecule has 0 aliphatic rings. The van der Waals surface area contributed by atoms with Gasteiger partial charge in [-0.25, -0.2) is 8.42 Å². The third-order valence-corrected chi connectivity index (χ3v) is 7.13. The van der Waals surface area contributed by atoms with Crippen LogP contribution in [-0.2, 0) is 9.84 Å². The van der Waals surface area contributed by atoms with Crippen LogP contribution >= 0.6 is 15.9 Å². The molecule has 0 spiro atoms. The molecule has 0 aromatic carbocycles. The van der Waals surface area contributed by atoms with Crippen LogP contribution in [-0.4, -0.2) is 29.0 Å². The van der Waals surface area contributed by atoms with Crippen molar-refractivity contribution in [3.63, 3.8) is 0 Å². The van der Waals surface area contributed by atoms with Gasteiger partial charge in [-0.1, -0.05) is 29.8 Å². The SMILES string of the molecule is CC[C@](Br)([C@@H](C)O)S(=O)(=O)CC. The number of aliphatic hydroxyl groups is 1. The van der Waals surface area contributed by atoms with Gasteiger partial charge < -0.3 is 5.11 Å². The van der Waals surface area contributed by atoms with Crippen LogP contribution in [0.5, 0.6) is 0 Å². The van der Waals surface area contributed by atoms with Gasteiger partial charge >= 0.3 is 0 Å². The van der Waals surface area contributed by atoms with Gasteiger partial charge in [0.15, 0.2) is 13.5 Å². The normalized spacial score (nSPS) is 20.1. The average Bonchev–Trinajstić information content (AvgIpc) is 2.02. The van der Waals surface area contributed by atoms with Crippen molar-refractivity contribution >= 4 is 25.8 Å². The van der Waals surface area contributed by atoms with Gasteiger partial charge in [0.05, 0.1) is 6.10 Å². The van der Waals surface area contributed by atoms with Gasteiger partial charge in [0.2, 0.25) is 0 Å². The zero-order chi connectivity index (χ0) is 9.99. The van der Waals surface area contributed by atoms with Crippen molar-refractivity contribution in [2.24, 2.45) is 0 Å². The Morgan fingerprint density at radius 1 is 1.50 bits per heavy atom. The van der Waals surface area contributed by atoms with Crippen LogP contribution in [0, 0.1) is 0 Å². The molecule has 0 aromatic rings. The maximum absolute atomic E-state index is 11.5. The van der Waals surface area contributed by atoms with Crippen LogP contribution in [0.25, 0.3) is 0 Å². The molecule has 2 atom stereocenters. The fourth-order valence-electron chi connectivity index (χ4n) is 1.02. The smallest absolute Gasteiger partial charge is 0.168 e. The lowest BCUT2D eigenvalue weighted by Crippen LogP contribution is -2.42. The second-order valence-electron chi connectivity index (χ2n) is 2.72. The Morgan fingerprint density at radius 3 is 2.00 bits per heavy atom. The molecule has 0 saturated carbocycles. The minimum Gasteiger partial charge on any atom is -0.391 e. The molecular weight excluding hydrogens is 244 g/mol. The average molecular weight is 259 g/mol. The van der Waals surface area contributed by atoms with E-state index in [1.165, 1.54) is 6.92 Å². The van der Waals surface area contributed by atoms with Crippen molar-refractivity contribution in [3.05, 3.63) is 0 Å². The third kappa shape index (κ3) is 2.00. The van der Waals surface area contributed by atoms with Crippen LogP contribution in [0.2, 0.25) is 0 Å². The molecule has 0 amide bonds. The number of sulfone groups is 1. The fraction of sp³-hybridized carbons (Fsp3) is 1.00. The lowest BCUT2D eigenvalue weighted by atomic mass is 10.2. The summed E-state index contributed by atoms with van der Waals surface area (Å²) in [7, 11) is -3.24. The minimum absolute atomic E-state index is 0.0387. The molecule has 0 rings (SSSR count). The fourth-order valence-corrected chi connectivity index (χ4v) is 3.14. The zero-order valence-electron chi connectivity index (χ0n) is 7.54. The predicted octanol–water partition coefficient (Wildman–Crippen LogP) is 1.30. The van der Waals surface area contributed by atoms with E-state index in [1.54, 1.807) is 13.8 Å². The molecule has 0 aliphatic carbocycles. The molecule has 0 fully saturated rings. The Labute approximate surface area is 82.2 Å². The highest BCUT2D eigenvalue weighted by molar-refractivity contribution is 9.11. The molecule has 0 heterocycles. The summed E-state index contributed by atoms with van der Waals surface area (Å²) in [4.78, 5) is 0. The number of alkyl halides is 1. The predicted molar refractivity (Wildman–Crippen MR) is 53.1 cm³/mol. The molecule has 74 valence electrons. The first-order valence-electron chi connectivity index (χ1n) is 3.91. The zero-order valence-corrected chi connectivity index (χ0v) is 9.94. The van der Waals surface area contributed by atoms with E-state index in [9.17, 15) is 13.5 Å². The maximum atomic E-state index is 11.5. The van der Waals surface area contributed by atoms with Gasteiger partial charge in [-0.05, 0) is 13.3 Å². The van der Waals surface area contributed by atoms with Crippen molar-refractivity contribution in [2.75, 3.05) is 5.75 Å². The molecule has 5 heteroatoms.